The van der Waals surface area contributed by atoms with Gasteiger partial charge in [0.25, 0.3) is 0 Å². The molecule has 23 heavy (non-hydrogen) atoms. The molecule has 0 aromatic rings. The lowest BCUT2D eigenvalue weighted by atomic mass is 9.82. The highest BCUT2D eigenvalue weighted by Crippen LogP contribution is 2.45. The molecule has 0 saturated carbocycles. The van der Waals surface area contributed by atoms with Crippen LogP contribution >= 0.6 is 0 Å². The molecule has 3 rings (SSSR count). The van der Waals surface area contributed by atoms with E-state index < -0.39 is 18.0 Å². The maximum absolute atomic E-state index is 12.2. The standard InChI is InChI=1S/C17H24N2O4/c1-9(7-11-5-3-4-6-18-11)12-8-13-14(10(2)20)16(21)19(13)15(12)17(22)23/h7,10-11,13-14,18,20H,3-6,8H2,1-2H3,(H,22,23)/t10-,11?,13-,14-/m1/s1. The molecule has 0 aromatic heterocycles. The van der Waals surface area contributed by atoms with E-state index >= 15 is 0 Å². The first-order valence-corrected chi connectivity index (χ1v) is 8.31. The second-order valence-electron chi connectivity index (χ2n) is 6.78. The zero-order valence-corrected chi connectivity index (χ0v) is 13.6. The van der Waals surface area contributed by atoms with Gasteiger partial charge in [-0.1, -0.05) is 12.5 Å². The first-order valence-electron chi connectivity index (χ1n) is 8.31. The number of allylic oxidation sites excluding steroid dienone is 1. The Hall–Kier alpha value is -1.66. The van der Waals surface area contributed by atoms with Crippen molar-refractivity contribution in [3.63, 3.8) is 0 Å². The largest absolute Gasteiger partial charge is 0.477 e. The molecule has 0 bridgehead atoms. The Bertz CT molecular complexity index is 587. The summed E-state index contributed by atoms with van der Waals surface area (Å²) in [6.07, 6.45) is 5.25. The summed E-state index contributed by atoms with van der Waals surface area (Å²) in [4.78, 5) is 25.2. The molecule has 0 aromatic carbocycles. The highest BCUT2D eigenvalue weighted by Gasteiger charge is 2.56. The summed E-state index contributed by atoms with van der Waals surface area (Å²) >= 11 is 0. The first-order chi connectivity index (χ1) is 10.9. The number of hydrogen-bond acceptors (Lipinski definition) is 4. The van der Waals surface area contributed by atoms with Crippen LogP contribution in [0.1, 0.15) is 39.5 Å². The van der Waals surface area contributed by atoms with Crippen LogP contribution in [0.5, 0.6) is 0 Å². The smallest absolute Gasteiger partial charge is 0.352 e. The number of carbonyl (C=O) groups excluding carboxylic acids is 1. The van der Waals surface area contributed by atoms with Gasteiger partial charge in [-0.25, -0.2) is 4.79 Å². The van der Waals surface area contributed by atoms with Gasteiger partial charge >= 0.3 is 5.97 Å². The second-order valence-corrected chi connectivity index (χ2v) is 6.78. The van der Waals surface area contributed by atoms with Crippen molar-refractivity contribution in [1.82, 2.24) is 10.2 Å². The number of aliphatic carboxylic acids is 1. The van der Waals surface area contributed by atoms with Crippen LogP contribution in [0.3, 0.4) is 0 Å². The van der Waals surface area contributed by atoms with Gasteiger partial charge < -0.3 is 20.4 Å². The van der Waals surface area contributed by atoms with E-state index in [0.717, 1.165) is 24.1 Å². The van der Waals surface area contributed by atoms with Crippen LogP contribution in [-0.4, -0.2) is 51.7 Å². The minimum atomic E-state index is -1.07. The van der Waals surface area contributed by atoms with E-state index in [1.807, 2.05) is 6.92 Å². The summed E-state index contributed by atoms with van der Waals surface area (Å²) in [6.45, 7) is 4.49. The molecule has 0 aliphatic carbocycles. The van der Waals surface area contributed by atoms with E-state index in [9.17, 15) is 19.8 Å². The van der Waals surface area contributed by atoms with Gasteiger partial charge in [-0.2, -0.15) is 0 Å². The maximum Gasteiger partial charge on any atom is 0.352 e. The van der Waals surface area contributed by atoms with E-state index in [4.69, 9.17) is 0 Å². The van der Waals surface area contributed by atoms with E-state index in [-0.39, 0.29) is 23.7 Å². The average Bonchev–Trinajstić information content (AvgIpc) is 2.83. The molecule has 3 heterocycles. The Balaban J connectivity index is 1.87. The second kappa shape index (κ2) is 6.09. The number of aliphatic hydroxyl groups is 1. The Morgan fingerprint density at radius 1 is 1.43 bits per heavy atom. The molecule has 0 radical (unpaired) electrons. The summed E-state index contributed by atoms with van der Waals surface area (Å²) < 4.78 is 0. The molecule has 3 N–H and O–H groups in total. The molecule has 2 saturated heterocycles. The molecular formula is C17H24N2O4. The number of amides is 1. The lowest BCUT2D eigenvalue weighted by molar-refractivity contribution is -0.161. The fourth-order valence-corrected chi connectivity index (χ4v) is 4.04. The predicted molar refractivity (Wildman–Crippen MR) is 84.5 cm³/mol. The predicted octanol–water partition coefficient (Wildman–Crippen LogP) is 1.03. The zero-order chi connectivity index (χ0) is 16.7. The van der Waals surface area contributed by atoms with Crippen molar-refractivity contribution in [2.24, 2.45) is 5.92 Å². The number of rotatable bonds is 4. The Labute approximate surface area is 135 Å². The molecule has 3 aliphatic rings. The molecular weight excluding hydrogens is 296 g/mol. The van der Waals surface area contributed by atoms with Crippen molar-refractivity contribution in [1.29, 1.82) is 0 Å². The number of carboxylic acid groups (broad SMARTS) is 1. The fraction of sp³-hybridized carbons (Fsp3) is 0.647. The van der Waals surface area contributed by atoms with Crippen LogP contribution in [0, 0.1) is 5.92 Å². The van der Waals surface area contributed by atoms with Gasteiger partial charge in [0, 0.05) is 6.04 Å². The monoisotopic (exact) mass is 320 g/mol. The lowest BCUT2D eigenvalue weighted by Gasteiger charge is -2.44. The van der Waals surface area contributed by atoms with Gasteiger partial charge in [0.1, 0.15) is 5.70 Å². The minimum absolute atomic E-state index is 0.0986. The third-order valence-corrected chi connectivity index (χ3v) is 5.21. The molecule has 1 unspecified atom stereocenters. The summed E-state index contributed by atoms with van der Waals surface area (Å²) in [7, 11) is 0. The number of piperidine rings is 1. The Kier molecular flexibility index (Phi) is 4.29. The number of β-lactam (4-membered cyclic amide) rings is 1. The molecule has 1 amide bonds. The third kappa shape index (κ3) is 2.70. The number of carboxylic acids is 1. The molecule has 0 spiro atoms. The normalized spacial score (nSPS) is 32.7. The molecule has 3 aliphatic heterocycles. The molecule has 6 nitrogen and oxygen atoms in total. The zero-order valence-electron chi connectivity index (χ0n) is 13.6. The minimum Gasteiger partial charge on any atom is -0.477 e. The number of carbonyl (C=O) groups is 2. The topological polar surface area (TPSA) is 89.9 Å². The number of fused-ring (bicyclic) bond motifs is 1. The molecule has 2 fully saturated rings. The van der Waals surface area contributed by atoms with Crippen molar-refractivity contribution in [3.8, 4) is 0 Å². The van der Waals surface area contributed by atoms with E-state index in [2.05, 4.69) is 11.4 Å². The molecule has 4 atom stereocenters. The van der Waals surface area contributed by atoms with Crippen LogP contribution in [0.15, 0.2) is 22.9 Å². The highest BCUT2D eigenvalue weighted by atomic mass is 16.4. The first kappa shape index (κ1) is 16.2. The van der Waals surface area contributed by atoms with Crippen LogP contribution < -0.4 is 5.32 Å². The van der Waals surface area contributed by atoms with Crippen molar-refractivity contribution in [2.75, 3.05) is 6.54 Å². The average molecular weight is 320 g/mol. The van der Waals surface area contributed by atoms with Gasteiger partial charge in [0.2, 0.25) is 5.91 Å². The maximum atomic E-state index is 12.2. The number of aliphatic hydroxyl groups excluding tert-OH is 1. The number of nitrogens with one attached hydrogen (secondary N) is 1. The van der Waals surface area contributed by atoms with E-state index in [1.165, 1.54) is 17.7 Å². The molecule has 126 valence electrons. The summed E-state index contributed by atoms with van der Waals surface area (Å²) in [6, 6.07) is 0.0501. The van der Waals surface area contributed by atoms with Crippen molar-refractivity contribution >= 4 is 11.9 Å². The summed E-state index contributed by atoms with van der Waals surface area (Å²) in [5.41, 5.74) is 1.75. The fourth-order valence-electron chi connectivity index (χ4n) is 4.04. The Morgan fingerprint density at radius 3 is 2.74 bits per heavy atom. The number of hydrogen-bond donors (Lipinski definition) is 3. The van der Waals surface area contributed by atoms with Crippen LogP contribution in [0.25, 0.3) is 0 Å². The lowest BCUT2D eigenvalue weighted by Crippen LogP contribution is -2.61. The van der Waals surface area contributed by atoms with Crippen molar-refractivity contribution in [2.45, 2.75) is 57.7 Å². The SMILES string of the molecule is CC(=CC1CCCCN1)C1=C(C(=O)O)N2C(=O)[C@H]([C@@H](C)O)[C@H]2C1. The quantitative estimate of drug-likeness (QED) is 0.673. The third-order valence-electron chi connectivity index (χ3n) is 5.21. The van der Waals surface area contributed by atoms with Crippen LogP contribution in [-0.2, 0) is 9.59 Å². The van der Waals surface area contributed by atoms with Gasteiger partial charge in [-0.15, -0.1) is 0 Å². The number of nitrogens with zero attached hydrogens (tertiary/aromatic N) is 1. The van der Waals surface area contributed by atoms with E-state index in [1.54, 1.807) is 6.92 Å². The van der Waals surface area contributed by atoms with Crippen LogP contribution in [0.2, 0.25) is 0 Å². The van der Waals surface area contributed by atoms with Gasteiger partial charge in [-0.3, -0.25) is 4.79 Å². The van der Waals surface area contributed by atoms with Gasteiger partial charge in [0.15, 0.2) is 0 Å². The van der Waals surface area contributed by atoms with Crippen molar-refractivity contribution < 1.29 is 19.8 Å². The van der Waals surface area contributed by atoms with Gasteiger partial charge in [0.05, 0.1) is 18.1 Å². The Morgan fingerprint density at radius 2 is 2.17 bits per heavy atom. The summed E-state index contributed by atoms with van der Waals surface area (Å²) in [5, 5.41) is 22.7. The van der Waals surface area contributed by atoms with Crippen molar-refractivity contribution in [3.05, 3.63) is 22.9 Å². The highest BCUT2D eigenvalue weighted by molar-refractivity contribution is 6.00. The van der Waals surface area contributed by atoms with E-state index in [0.29, 0.717) is 6.42 Å². The summed E-state index contributed by atoms with van der Waals surface area (Å²) in [5.74, 6) is -1.83. The van der Waals surface area contributed by atoms with Crippen LogP contribution in [0.4, 0.5) is 0 Å². The van der Waals surface area contributed by atoms with Gasteiger partial charge in [-0.05, 0) is 50.8 Å². The molecule has 6 heteroatoms.